The number of hydroxylamine groups is 1. The van der Waals surface area contributed by atoms with Crippen LogP contribution in [0.15, 0.2) is 5.10 Å². The number of β-amino-alcohol motifs (C(OH)–C–C–N with tert-alkyl or cyclic N) is 1. The van der Waals surface area contributed by atoms with Crippen molar-refractivity contribution in [1.29, 1.82) is 0 Å². The Hall–Kier alpha value is -1.08. The molecule has 0 bridgehead atoms. The first kappa shape index (κ1) is 27.2. The third-order valence-electron chi connectivity index (χ3n) is 5.19. The van der Waals surface area contributed by atoms with Crippen molar-refractivity contribution in [2.24, 2.45) is 5.10 Å². The molecular formula is C20H39N5O5S2. The second kappa shape index (κ2) is 13.0. The van der Waals surface area contributed by atoms with Crippen LogP contribution in [-0.4, -0.2) is 81.2 Å². The van der Waals surface area contributed by atoms with Crippen molar-refractivity contribution < 1.29 is 23.2 Å². The van der Waals surface area contributed by atoms with Crippen LogP contribution in [0.5, 0.6) is 0 Å². The van der Waals surface area contributed by atoms with E-state index in [1.165, 1.54) is 4.90 Å². The number of hydrogen-bond donors (Lipinski definition) is 1. The molecule has 10 nitrogen and oxygen atoms in total. The van der Waals surface area contributed by atoms with Gasteiger partial charge in [-0.25, -0.2) is 9.69 Å². The standard InChI is InChI=1S/C20H39N5O5S2/c1-5-7-9-11-13-22-15-18(26)25(20(22)27)19-21-23(16-31-19)32(28,29)24(30-17(3)4)14-12-10-8-6-2/h17-18,26H,5-16H2,1-4H3. The number of carbonyl (C=O) groups excluding carboxylic acids is 1. The number of hydrazone groups is 1. The maximum Gasteiger partial charge on any atom is 0.342 e. The predicted molar refractivity (Wildman–Crippen MR) is 127 cm³/mol. The van der Waals surface area contributed by atoms with Gasteiger partial charge in [0.2, 0.25) is 0 Å². The number of amides is 2. The van der Waals surface area contributed by atoms with Gasteiger partial charge in [-0.05, 0) is 26.7 Å². The molecule has 0 aliphatic carbocycles. The molecule has 0 aromatic heterocycles. The van der Waals surface area contributed by atoms with Gasteiger partial charge in [0.15, 0.2) is 11.4 Å². The van der Waals surface area contributed by atoms with Crippen molar-refractivity contribution in [1.82, 2.24) is 18.7 Å². The number of carbonyl (C=O) groups is 1. The lowest BCUT2D eigenvalue weighted by Crippen LogP contribution is -2.42. The van der Waals surface area contributed by atoms with Crippen LogP contribution < -0.4 is 0 Å². The van der Waals surface area contributed by atoms with Gasteiger partial charge in [0.25, 0.3) is 0 Å². The summed E-state index contributed by atoms with van der Waals surface area (Å²) in [6, 6.07) is -0.339. The second-order valence-electron chi connectivity index (χ2n) is 8.37. The highest BCUT2D eigenvalue weighted by molar-refractivity contribution is 8.14. The topological polar surface area (TPSA) is 106 Å². The third-order valence-corrected chi connectivity index (χ3v) is 7.79. The van der Waals surface area contributed by atoms with Crippen LogP contribution in [0.4, 0.5) is 4.79 Å². The Morgan fingerprint density at radius 3 is 2.44 bits per heavy atom. The van der Waals surface area contributed by atoms with Gasteiger partial charge in [-0.2, -0.15) is 12.8 Å². The molecule has 2 aliphatic heterocycles. The Morgan fingerprint density at radius 2 is 1.81 bits per heavy atom. The summed E-state index contributed by atoms with van der Waals surface area (Å²) in [5.74, 6) is 0.0254. The molecule has 2 rings (SSSR count). The van der Waals surface area contributed by atoms with Gasteiger partial charge < -0.3 is 10.0 Å². The van der Waals surface area contributed by atoms with Gasteiger partial charge in [-0.15, -0.1) is 5.10 Å². The fraction of sp³-hybridized carbons (Fsp3) is 0.900. The van der Waals surface area contributed by atoms with Crippen molar-refractivity contribution in [2.75, 3.05) is 25.5 Å². The number of rotatable bonds is 14. The minimum atomic E-state index is -4.01. The van der Waals surface area contributed by atoms with E-state index in [1.807, 2.05) is 0 Å². The Kier molecular flexibility index (Phi) is 11.0. The lowest BCUT2D eigenvalue weighted by molar-refractivity contribution is -0.123. The lowest BCUT2D eigenvalue weighted by atomic mass is 10.2. The second-order valence-corrected chi connectivity index (χ2v) is 11.0. The molecule has 186 valence electrons. The van der Waals surface area contributed by atoms with E-state index in [0.29, 0.717) is 13.0 Å². The number of hydrogen-bond acceptors (Lipinski definition) is 7. The van der Waals surface area contributed by atoms with E-state index in [-0.39, 0.29) is 36.3 Å². The molecule has 1 unspecified atom stereocenters. The molecule has 2 amide bonds. The molecule has 0 radical (unpaired) electrons. The average Bonchev–Trinajstić information content (AvgIpc) is 3.32. The van der Waals surface area contributed by atoms with E-state index in [0.717, 1.165) is 65.6 Å². The summed E-state index contributed by atoms with van der Waals surface area (Å²) in [5.41, 5.74) is 0. The summed E-state index contributed by atoms with van der Waals surface area (Å²) in [5, 5.41) is 14.8. The molecule has 2 aliphatic rings. The number of thioether (sulfide) groups is 1. The molecule has 32 heavy (non-hydrogen) atoms. The van der Waals surface area contributed by atoms with E-state index in [1.54, 1.807) is 18.7 Å². The molecule has 0 aromatic rings. The third kappa shape index (κ3) is 7.21. The summed E-state index contributed by atoms with van der Waals surface area (Å²) in [4.78, 5) is 21.2. The number of amidine groups is 1. The van der Waals surface area contributed by atoms with Crippen LogP contribution in [-0.2, 0) is 15.0 Å². The van der Waals surface area contributed by atoms with Gasteiger partial charge in [0, 0.05) is 13.1 Å². The molecule has 1 N–H and O–H groups in total. The first-order chi connectivity index (χ1) is 15.2. The highest BCUT2D eigenvalue weighted by Gasteiger charge is 2.43. The smallest absolute Gasteiger partial charge is 0.342 e. The zero-order valence-electron chi connectivity index (χ0n) is 19.8. The zero-order chi connectivity index (χ0) is 23.7. The first-order valence-corrected chi connectivity index (χ1v) is 14.0. The van der Waals surface area contributed by atoms with Gasteiger partial charge in [0.05, 0.1) is 12.6 Å². The van der Waals surface area contributed by atoms with E-state index >= 15 is 0 Å². The van der Waals surface area contributed by atoms with E-state index in [9.17, 15) is 18.3 Å². The van der Waals surface area contributed by atoms with Crippen molar-refractivity contribution in [3.05, 3.63) is 0 Å². The van der Waals surface area contributed by atoms with Crippen LogP contribution in [0.25, 0.3) is 0 Å². The molecule has 12 heteroatoms. The number of aliphatic hydroxyl groups excluding tert-OH is 1. The van der Waals surface area contributed by atoms with Gasteiger partial charge in [-0.3, -0.25) is 4.84 Å². The van der Waals surface area contributed by atoms with Crippen LogP contribution in [0.3, 0.4) is 0 Å². The number of unbranched alkanes of at least 4 members (excludes halogenated alkanes) is 6. The maximum absolute atomic E-state index is 13.2. The van der Waals surface area contributed by atoms with Crippen molar-refractivity contribution >= 4 is 33.2 Å². The maximum atomic E-state index is 13.2. The largest absolute Gasteiger partial charge is 0.371 e. The monoisotopic (exact) mass is 493 g/mol. The van der Waals surface area contributed by atoms with Gasteiger partial charge >= 0.3 is 16.2 Å². The molecule has 1 saturated heterocycles. The van der Waals surface area contributed by atoms with Crippen molar-refractivity contribution in [2.45, 2.75) is 91.4 Å². The quantitative estimate of drug-likeness (QED) is 0.294. The molecule has 1 fully saturated rings. The fourth-order valence-electron chi connectivity index (χ4n) is 3.49. The van der Waals surface area contributed by atoms with E-state index in [4.69, 9.17) is 4.84 Å². The highest BCUT2D eigenvalue weighted by atomic mass is 32.2. The molecule has 1 atom stereocenters. The van der Waals surface area contributed by atoms with Gasteiger partial charge in [-0.1, -0.05) is 68.6 Å². The molecule has 0 spiro atoms. The highest BCUT2D eigenvalue weighted by Crippen LogP contribution is 2.29. The molecule has 0 aromatic carbocycles. The minimum absolute atomic E-state index is 0.0254. The Balaban J connectivity index is 2.06. The van der Waals surface area contributed by atoms with Crippen molar-refractivity contribution in [3.8, 4) is 0 Å². The normalized spacial score (nSPS) is 19.7. The zero-order valence-corrected chi connectivity index (χ0v) is 21.4. The molecule has 0 saturated carbocycles. The SMILES string of the molecule is CCCCCCN1CC(O)N(C2=NN(S(=O)(=O)N(CCCCCC)OC(C)C)CS2)C1=O. The molecular weight excluding hydrogens is 454 g/mol. The summed E-state index contributed by atoms with van der Waals surface area (Å²) < 4.78 is 28.3. The summed E-state index contributed by atoms with van der Waals surface area (Å²) in [6.07, 6.45) is 6.45. The Labute approximate surface area is 197 Å². The number of nitrogens with zero attached hydrogens (tertiary/aromatic N) is 5. The average molecular weight is 494 g/mol. The first-order valence-electron chi connectivity index (χ1n) is 11.7. The lowest BCUT2D eigenvalue weighted by Gasteiger charge is -2.26. The predicted octanol–water partition coefficient (Wildman–Crippen LogP) is 3.37. The number of urea groups is 1. The van der Waals surface area contributed by atoms with Crippen LogP contribution >= 0.6 is 11.8 Å². The fourth-order valence-corrected chi connectivity index (χ4v) is 6.05. The van der Waals surface area contributed by atoms with Crippen LogP contribution in [0.2, 0.25) is 0 Å². The van der Waals surface area contributed by atoms with Crippen molar-refractivity contribution in [3.63, 3.8) is 0 Å². The Bertz CT molecular complexity index is 734. The van der Waals surface area contributed by atoms with Gasteiger partial charge in [0.1, 0.15) is 5.88 Å². The van der Waals surface area contributed by atoms with Crippen LogP contribution in [0, 0.1) is 0 Å². The van der Waals surface area contributed by atoms with E-state index in [2.05, 4.69) is 18.9 Å². The molecule has 2 heterocycles. The van der Waals surface area contributed by atoms with Crippen LogP contribution in [0.1, 0.15) is 79.1 Å². The number of aliphatic hydroxyl groups is 1. The minimum Gasteiger partial charge on any atom is -0.371 e. The Morgan fingerprint density at radius 1 is 1.16 bits per heavy atom. The summed E-state index contributed by atoms with van der Waals surface area (Å²) in [7, 11) is -4.01. The summed E-state index contributed by atoms with van der Waals surface area (Å²) in [6.45, 7) is 8.77. The summed E-state index contributed by atoms with van der Waals surface area (Å²) >= 11 is 1.12. The van der Waals surface area contributed by atoms with E-state index < -0.39 is 16.4 Å².